The molecule has 0 radical (unpaired) electrons. The predicted octanol–water partition coefficient (Wildman–Crippen LogP) is 2.91. The molecule has 0 aliphatic carbocycles. The lowest BCUT2D eigenvalue weighted by Crippen LogP contribution is -2.00. The molecule has 0 aliphatic rings. The quantitative estimate of drug-likeness (QED) is 0.810. The number of hydrogen-bond donors (Lipinski definition) is 1. The van der Waals surface area contributed by atoms with Crippen molar-refractivity contribution in [2.45, 2.75) is 18.2 Å². The van der Waals surface area contributed by atoms with Gasteiger partial charge in [0.2, 0.25) is 0 Å². The molecule has 0 bridgehead atoms. The largest absolute Gasteiger partial charge is 0.489 e. The number of rotatable bonds is 5. The summed E-state index contributed by atoms with van der Waals surface area (Å²) in [6, 6.07) is 6.15. The molecule has 16 heavy (non-hydrogen) atoms. The second kappa shape index (κ2) is 6.40. The van der Waals surface area contributed by atoms with Gasteiger partial charge in [-0.25, -0.2) is 8.60 Å². The lowest BCUT2D eigenvalue weighted by molar-refractivity contribution is 0.345. The van der Waals surface area contributed by atoms with E-state index in [1.54, 1.807) is 12.1 Å². The molecule has 0 amide bonds. The zero-order chi connectivity index (χ0) is 12.0. The smallest absolute Gasteiger partial charge is 0.186 e. The Morgan fingerprint density at radius 2 is 2.12 bits per heavy atom. The average molecular weight is 244 g/mol. The van der Waals surface area contributed by atoms with Gasteiger partial charge < -0.3 is 9.29 Å². The highest BCUT2D eigenvalue weighted by Gasteiger charge is 2.01. The Balaban J connectivity index is 2.59. The molecule has 0 heterocycles. The van der Waals surface area contributed by atoms with Gasteiger partial charge in [0.05, 0.1) is 11.2 Å². The molecule has 1 N–H and O–H groups in total. The summed E-state index contributed by atoms with van der Waals surface area (Å²) in [5.41, 5.74) is 0.565. The van der Waals surface area contributed by atoms with Crippen LogP contribution in [0.2, 0.25) is 0 Å². The van der Waals surface area contributed by atoms with Gasteiger partial charge in [-0.2, -0.15) is 0 Å². The van der Waals surface area contributed by atoms with Crippen LogP contribution in [-0.2, 0) is 11.1 Å². The van der Waals surface area contributed by atoms with Crippen molar-refractivity contribution in [1.82, 2.24) is 0 Å². The molecule has 0 aromatic heterocycles. The Labute approximate surface area is 96.2 Å². The van der Waals surface area contributed by atoms with E-state index in [0.717, 1.165) is 0 Å². The van der Waals surface area contributed by atoms with Crippen molar-refractivity contribution in [3.8, 4) is 5.75 Å². The van der Waals surface area contributed by atoms with Gasteiger partial charge in [0, 0.05) is 0 Å². The van der Waals surface area contributed by atoms with Crippen molar-refractivity contribution in [1.29, 1.82) is 0 Å². The molecule has 5 heteroatoms. The van der Waals surface area contributed by atoms with Crippen molar-refractivity contribution in [3.05, 3.63) is 36.2 Å². The summed E-state index contributed by atoms with van der Waals surface area (Å²) in [7, 11) is 0. The Kier molecular flexibility index (Phi) is 5.14. The molecular weight excluding hydrogens is 231 g/mol. The fourth-order valence-electron chi connectivity index (χ4n) is 1.04. The van der Waals surface area contributed by atoms with Gasteiger partial charge in [-0.3, -0.25) is 0 Å². The second-order valence-electron chi connectivity index (χ2n) is 3.13. The Morgan fingerprint density at radius 3 is 2.56 bits per heavy atom. The molecule has 88 valence electrons. The lowest BCUT2D eigenvalue weighted by Gasteiger charge is -2.07. The van der Waals surface area contributed by atoms with Crippen LogP contribution in [0.1, 0.15) is 13.3 Å². The van der Waals surface area contributed by atoms with Crippen LogP contribution in [-0.4, -0.2) is 15.4 Å². The van der Waals surface area contributed by atoms with Gasteiger partial charge >= 0.3 is 0 Å². The monoisotopic (exact) mass is 244 g/mol. The Bertz CT molecular complexity index is 387. The molecule has 1 aromatic carbocycles. The van der Waals surface area contributed by atoms with Gasteiger partial charge in [-0.15, -0.1) is 0 Å². The number of benzene rings is 1. The van der Waals surface area contributed by atoms with Crippen LogP contribution in [0.5, 0.6) is 5.75 Å². The molecule has 0 saturated heterocycles. The molecule has 0 spiro atoms. The van der Waals surface area contributed by atoms with Gasteiger partial charge in [0.25, 0.3) is 0 Å². The van der Waals surface area contributed by atoms with E-state index in [4.69, 9.17) is 9.29 Å². The summed E-state index contributed by atoms with van der Waals surface area (Å²) in [5, 5.41) is 0. The molecule has 3 nitrogen and oxygen atoms in total. The first-order valence-corrected chi connectivity index (χ1v) is 5.90. The topological polar surface area (TPSA) is 46.5 Å². The third kappa shape index (κ3) is 3.75. The highest BCUT2D eigenvalue weighted by molar-refractivity contribution is 7.79. The van der Waals surface area contributed by atoms with E-state index in [2.05, 4.69) is 0 Å². The summed E-state index contributed by atoms with van der Waals surface area (Å²) in [6.07, 6.45) is 1.13. The number of halogens is 1. The highest BCUT2D eigenvalue weighted by Crippen LogP contribution is 2.15. The Morgan fingerprint density at radius 1 is 1.50 bits per heavy atom. The minimum Gasteiger partial charge on any atom is -0.489 e. The van der Waals surface area contributed by atoms with Gasteiger partial charge in [-0.1, -0.05) is 6.92 Å². The summed E-state index contributed by atoms with van der Waals surface area (Å²) in [6.45, 7) is 2.03. The minimum atomic E-state index is -1.98. The van der Waals surface area contributed by atoms with Crippen molar-refractivity contribution < 1.29 is 17.9 Å². The van der Waals surface area contributed by atoms with E-state index in [-0.39, 0.29) is 6.61 Å². The number of hydrogen-bond acceptors (Lipinski definition) is 2. The fraction of sp³-hybridized carbons (Fsp3) is 0.273. The summed E-state index contributed by atoms with van der Waals surface area (Å²) >= 11 is -1.98. The van der Waals surface area contributed by atoms with Crippen LogP contribution in [0, 0.1) is 0 Å². The summed E-state index contributed by atoms with van der Waals surface area (Å²) in [4.78, 5) is 0.309. The maximum absolute atomic E-state index is 12.2. The van der Waals surface area contributed by atoms with Crippen molar-refractivity contribution in [2.75, 3.05) is 6.61 Å². The van der Waals surface area contributed by atoms with E-state index in [9.17, 15) is 8.60 Å². The van der Waals surface area contributed by atoms with Crippen LogP contribution in [0.3, 0.4) is 0 Å². The first-order valence-electron chi connectivity index (χ1n) is 4.79. The molecule has 1 rings (SSSR count). The van der Waals surface area contributed by atoms with Crippen LogP contribution in [0.15, 0.2) is 41.1 Å². The van der Waals surface area contributed by atoms with E-state index < -0.39 is 11.1 Å². The van der Waals surface area contributed by atoms with Gasteiger partial charge in [0.15, 0.2) is 11.1 Å². The van der Waals surface area contributed by atoms with Crippen LogP contribution >= 0.6 is 0 Å². The molecule has 1 aromatic rings. The van der Waals surface area contributed by atoms with Crippen LogP contribution in [0.25, 0.3) is 0 Å². The molecule has 1 unspecified atom stereocenters. The summed E-state index contributed by atoms with van der Waals surface area (Å²) in [5.74, 6) is 0.544. The zero-order valence-corrected chi connectivity index (χ0v) is 9.67. The molecule has 0 saturated carbocycles. The molecule has 0 aliphatic heterocycles. The summed E-state index contributed by atoms with van der Waals surface area (Å²) < 4.78 is 37.0. The SMILES string of the molecule is CC/C(=C\F)COc1ccc(S(=O)O)cc1. The van der Waals surface area contributed by atoms with Crippen molar-refractivity contribution >= 4 is 11.1 Å². The fourth-order valence-corrected chi connectivity index (χ4v) is 1.41. The van der Waals surface area contributed by atoms with E-state index in [0.29, 0.717) is 29.0 Å². The van der Waals surface area contributed by atoms with Gasteiger partial charge in [-0.05, 0) is 36.3 Å². The zero-order valence-electron chi connectivity index (χ0n) is 8.85. The average Bonchev–Trinajstić information content (AvgIpc) is 2.31. The maximum atomic E-state index is 12.2. The standard InChI is InChI=1S/C11H13FO3S/c1-2-9(7-12)8-15-10-3-5-11(6-4-10)16(13)14/h3-7H,2,8H2,1H3,(H,13,14)/b9-7+. The third-order valence-electron chi connectivity index (χ3n) is 2.06. The maximum Gasteiger partial charge on any atom is 0.186 e. The van der Waals surface area contributed by atoms with Gasteiger partial charge in [0.1, 0.15) is 12.4 Å². The Hall–Kier alpha value is -1.20. The van der Waals surface area contributed by atoms with Crippen molar-refractivity contribution in [3.63, 3.8) is 0 Å². The van der Waals surface area contributed by atoms with Crippen molar-refractivity contribution in [2.24, 2.45) is 0 Å². The van der Waals surface area contributed by atoms with E-state index in [1.807, 2.05) is 6.92 Å². The van der Waals surface area contributed by atoms with Crippen LogP contribution < -0.4 is 4.74 Å². The van der Waals surface area contributed by atoms with E-state index in [1.165, 1.54) is 12.1 Å². The minimum absolute atomic E-state index is 0.189. The lowest BCUT2D eigenvalue weighted by atomic mass is 10.2. The number of ether oxygens (including phenoxy) is 1. The van der Waals surface area contributed by atoms with Crippen LogP contribution in [0.4, 0.5) is 4.39 Å². The molecule has 1 atom stereocenters. The predicted molar refractivity (Wildman–Crippen MR) is 60.5 cm³/mol. The normalized spacial score (nSPS) is 13.6. The second-order valence-corrected chi connectivity index (χ2v) is 4.10. The first kappa shape index (κ1) is 12.9. The first-order chi connectivity index (χ1) is 7.67. The molecule has 0 fully saturated rings. The molecular formula is C11H13FO3S. The third-order valence-corrected chi connectivity index (χ3v) is 2.73. The highest BCUT2D eigenvalue weighted by atomic mass is 32.2. The van der Waals surface area contributed by atoms with E-state index >= 15 is 0 Å².